The number of hydrogen-bond acceptors (Lipinski definition) is 1. The third kappa shape index (κ3) is 73.5. The molecular formula is C3H7OTi. The van der Waals surface area contributed by atoms with E-state index in [1.165, 1.54) is 0 Å². The summed E-state index contributed by atoms with van der Waals surface area (Å²) in [4.78, 5) is 0. The molecule has 0 aromatic carbocycles. The van der Waals surface area contributed by atoms with E-state index >= 15 is 0 Å². The van der Waals surface area contributed by atoms with E-state index in [4.69, 9.17) is 5.11 Å². The van der Waals surface area contributed by atoms with E-state index in [-0.39, 0.29) is 0 Å². The van der Waals surface area contributed by atoms with Crippen molar-refractivity contribution in [2.24, 2.45) is 0 Å². The number of aliphatic hydroxyl groups is 1. The Morgan fingerprint density at radius 2 is 1.60 bits per heavy atom. The summed E-state index contributed by atoms with van der Waals surface area (Å²) in [6.45, 7) is 3.49. The van der Waals surface area contributed by atoms with Crippen LogP contribution in [-0.2, 0) is 20.4 Å². The SMILES string of the molecule is C[C](C)(O)[Ti]. The molecule has 0 aliphatic carbocycles. The van der Waals surface area contributed by atoms with Crippen LogP contribution in [0.1, 0.15) is 13.8 Å². The Balaban J connectivity index is 3.02. The van der Waals surface area contributed by atoms with Crippen LogP contribution >= 0.6 is 0 Å². The topological polar surface area (TPSA) is 20.2 Å². The zero-order valence-electron chi connectivity index (χ0n) is 3.45. The molecule has 0 aliphatic heterocycles. The Bertz CT molecular complexity index is 22.4. The summed E-state index contributed by atoms with van der Waals surface area (Å²) >= 11 is 1.74. The molecule has 0 aromatic heterocycles. The first-order valence-corrected chi connectivity index (χ1v) is 2.25. The zero-order valence-corrected chi connectivity index (χ0v) is 5.01. The Hall–Kier alpha value is 0.674. The van der Waals surface area contributed by atoms with Crippen LogP contribution in [0.3, 0.4) is 0 Å². The van der Waals surface area contributed by atoms with E-state index < -0.39 is 3.91 Å². The molecule has 0 radical (unpaired) electrons. The van der Waals surface area contributed by atoms with Gasteiger partial charge < -0.3 is 0 Å². The summed E-state index contributed by atoms with van der Waals surface area (Å²) in [6.07, 6.45) is 0. The molecular weight excluding hydrogens is 99.9 g/mol. The van der Waals surface area contributed by atoms with Crippen LogP contribution in [0, 0.1) is 0 Å². The van der Waals surface area contributed by atoms with Crippen LogP contribution in [0.4, 0.5) is 0 Å². The standard InChI is InChI=1S/C3H7O.Ti/c1-3(2)4;/h4H,1-2H3;. The molecule has 2 heteroatoms. The first-order valence-electron chi connectivity index (χ1n) is 1.47. The summed E-state index contributed by atoms with van der Waals surface area (Å²) in [5.41, 5.74) is 0. The maximum atomic E-state index is 8.52. The van der Waals surface area contributed by atoms with Gasteiger partial charge in [-0.25, -0.2) is 0 Å². The molecule has 0 aromatic rings. The molecule has 0 saturated heterocycles. The van der Waals surface area contributed by atoms with Gasteiger partial charge in [-0.2, -0.15) is 0 Å². The van der Waals surface area contributed by atoms with Gasteiger partial charge in [0.25, 0.3) is 0 Å². The third-order valence-corrected chi connectivity index (χ3v) is 0. The molecule has 0 aliphatic rings. The predicted molar refractivity (Wildman–Crippen MR) is 16.3 cm³/mol. The molecule has 1 N–H and O–H groups in total. The van der Waals surface area contributed by atoms with Crippen LogP contribution < -0.4 is 0 Å². The van der Waals surface area contributed by atoms with Crippen molar-refractivity contribution >= 4 is 0 Å². The van der Waals surface area contributed by atoms with Crippen molar-refractivity contribution in [1.29, 1.82) is 0 Å². The minimum atomic E-state index is -0.500. The second-order valence-electron chi connectivity index (χ2n) is 1.56. The van der Waals surface area contributed by atoms with Gasteiger partial charge in [0.2, 0.25) is 0 Å². The fourth-order valence-corrected chi connectivity index (χ4v) is 0. The molecule has 0 rings (SSSR count). The second-order valence-corrected chi connectivity index (χ2v) is 3.47. The van der Waals surface area contributed by atoms with Gasteiger partial charge in [0.15, 0.2) is 0 Å². The third-order valence-electron chi connectivity index (χ3n) is 0. The molecule has 0 unspecified atom stereocenters. The molecule has 29 valence electrons. The summed E-state index contributed by atoms with van der Waals surface area (Å²) in [7, 11) is 0. The van der Waals surface area contributed by atoms with E-state index in [1.807, 2.05) is 0 Å². The number of hydrogen-bond donors (Lipinski definition) is 1. The van der Waals surface area contributed by atoms with Crippen LogP contribution in [0.15, 0.2) is 0 Å². The van der Waals surface area contributed by atoms with Crippen LogP contribution in [0.2, 0.25) is 0 Å². The Labute approximate surface area is 43.8 Å². The molecule has 5 heavy (non-hydrogen) atoms. The molecule has 0 bridgehead atoms. The van der Waals surface area contributed by atoms with Crippen molar-refractivity contribution < 1.29 is 25.5 Å². The van der Waals surface area contributed by atoms with Gasteiger partial charge in [0.1, 0.15) is 0 Å². The fourth-order valence-electron chi connectivity index (χ4n) is 0. The van der Waals surface area contributed by atoms with E-state index in [9.17, 15) is 0 Å². The quantitative estimate of drug-likeness (QED) is 0.440. The van der Waals surface area contributed by atoms with Gasteiger partial charge in [-0.1, -0.05) is 0 Å². The first-order chi connectivity index (χ1) is 2.00. The summed E-state index contributed by atoms with van der Waals surface area (Å²) in [5.74, 6) is 0. The summed E-state index contributed by atoms with van der Waals surface area (Å²) in [5, 5.41) is 8.52. The molecule has 0 spiro atoms. The van der Waals surface area contributed by atoms with Gasteiger partial charge in [-0.05, 0) is 0 Å². The van der Waals surface area contributed by atoms with Crippen LogP contribution in [0.25, 0.3) is 0 Å². The average Bonchev–Trinajstić information content (AvgIpc) is 0.722. The molecule has 0 amide bonds. The van der Waals surface area contributed by atoms with Crippen molar-refractivity contribution in [3.05, 3.63) is 0 Å². The van der Waals surface area contributed by atoms with Gasteiger partial charge in [0.05, 0.1) is 0 Å². The first kappa shape index (κ1) is 5.67. The zero-order chi connectivity index (χ0) is 4.50. The van der Waals surface area contributed by atoms with Gasteiger partial charge >= 0.3 is 43.3 Å². The molecule has 0 fully saturated rings. The second kappa shape index (κ2) is 1.42. The van der Waals surface area contributed by atoms with Crippen LogP contribution in [-0.4, -0.2) is 9.01 Å². The minimum absolute atomic E-state index is 0.500. The van der Waals surface area contributed by atoms with Crippen LogP contribution in [0.5, 0.6) is 0 Å². The monoisotopic (exact) mass is 107 g/mol. The Kier molecular flexibility index (Phi) is 1.61. The van der Waals surface area contributed by atoms with Crippen molar-refractivity contribution in [3.8, 4) is 0 Å². The van der Waals surface area contributed by atoms with Crippen molar-refractivity contribution in [1.82, 2.24) is 0 Å². The maximum absolute atomic E-state index is 8.52. The van der Waals surface area contributed by atoms with E-state index in [0.717, 1.165) is 0 Å². The van der Waals surface area contributed by atoms with Crippen molar-refractivity contribution in [3.63, 3.8) is 0 Å². The van der Waals surface area contributed by atoms with Crippen molar-refractivity contribution in [2.75, 3.05) is 0 Å². The van der Waals surface area contributed by atoms with Crippen molar-refractivity contribution in [2.45, 2.75) is 17.8 Å². The van der Waals surface area contributed by atoms with Gasteiger partial charge in [-0.3, -0.25) is 0 Å². The molecule has 0 atom stereocenters. The summed E-state index contributed by atoms with van der Waals surface area (Å²) in [6, 6.07) is 0. The Morgan fingerprint density at radius 1 is 1.60 bits per heavy atom. The molecule has 0 saturated carbocycles. The number of rotatable bonds is 0. The normalized spacial score (nSPS) is 11.6. The predicted octanol–water partition coefficient (Wildman–Crippen LogP) is 0.262. The van der Waals surface area contributed by atoms with E-state index in [2.05, 4.69) is 0 Å². The average molecular weight is 107 g/mol. The molecule has 0 heterocycles. The fraction of sp³-hybridized carbons (Fsp3) is 1.00. The Morgan fingerprint density at radius 3 is 1.60 bits per heavy atom. The van der Waals surface area contributed by atoms with E-state index in [0.29, 0.717) is 0 Å². The van der Waals surface area contributed by atoms with Gasteiger partial charge in [-0.15, -0.1) is 0 Å². The summed E-state index contributed by atoms with van der Waals surface area (Å²) < 4.78 is -0.500. The van der Waals surface area contributed by atoms with Gasteiger partial charge in [0, 0.05) is 0 Å². The molecule has 1 nitrogen and oxygen atoms in total. The van der Waals surface area contributed by atoms with E-state index in [1.54, 1.807) is 34.3 Å².